The summed E-state index contributed by atoms with van der Waals surface area (Å²) in [5, 5.41) is 0. The Balaban J connectivity index is 2.55. The van der Waals surface area contributed by atoms with Gasteiger partial charge in [0.15, 0.2) is 0 Å². The fraction of sp³-hybridized carbons (Fsp3) is 0.400. The standard InChI is InChI=1S/C10H14N2O/c1-7-2-3-9-8(6-7)10(11,12)4-5-13-9/h2-3,6H,4-5,11-12H2,1H3. The van der Waals surface area contributed by atoms with Crippen LogP contribution < -0.4 is 16.2 Å². The minimum atomic E-state index is -0.723. The van der Waals surface area contributed by atoms with Crippen LogP contribution in [0.2, 0.25) is 0 Å². The highest BCUT2D eigenvalue weighted by molar-refractivity contribution is 5.42. The lowest BCUT2D eigenvalue weighted by molar-refractivity contribution is 0.220. The van der Waals surface area contributed by atoms with Crippen LogP contribution in [0.15, 0.2) is 18.2 Å². The quantitative estimate of drug-likeness (QED) is 0.579. The zero-order valence-corrected chi connectivity index (χ0v) is 7.71. The fourth-order valence-corrected chi connectivity index (χ4v) is 1.60. The Kier molecular flexibility index (Phi) is 1.78. The van der Waals surface area contributed by atoms with Gasteiger partial charge in [-0.1, -0.05) is 11.6 Å². The van der Waals surface area contributed by atoms with Crippen molar-refractivity contribution < 1.29 is 4.74 Å². The van der Waals surface area contributed by atoms with E-state index in [9.17, 15) is 0 Å². The SMILES string of the molecule is Cc1ccc2c(c1)C(N)(N)CCO2. The Hall–Kier alpha value is -1.06. The second-order valence-electron chi connectivity index (χ2n) is 3.64. The van der Waals surface area contributed by atoms with Crippen LogP contribution in [0.25, 0.3) is 0 Å². The number of ether oxygens (including phenoxy) is 1. The zero-order chi connectivity index (χ0) is 9.47. The summed E-state index contributed by atoms with van der Waals surface area (Å²) in [6, 6.07) is 5.92. The summed E-state index contributed by atoms with van der Waals surface area (Å²) in [7, 11) is 0. The molecule has 0 aliphatic carbocycles. The van der Waals surface area contributed by atoms with E-state index in [1.807, 2.05) is 25.1 Å². The third-order valence-corrected chi connectivity index (χ3v) is 2.41. The van der Waals surface area contributed by atoms with Crippen LogP contribution in [0.5, 0.6) is 5.75 Å². The van der Waals surface area contributed by atoms with Gasteiger partial charge in [-0.3, -0.25) is 0 Å². The van der Waals surface area contributed by atoms with Crippen LogP contribution in [0, 0.1) is 6.92 Å². The molecule has 0 aromatic heterocycles. The highest BCUT2D eigenvalue weighted by Gasteiger charge is 2.29. The molecule has 70 valence electrons. The summed E-state index contributed by atoms with van der Waals surface area (Å²) >= 11 is 0. The van der Waals surface area contributed by atoms with E-state index in [1.54, 1.807) is 0 Å². The molecule has 0 saturated heterocycles. The molecule has 1 aromatic carbocycles. The van der Waals surface area contributed by atoms with Gasteiger partial charge in [0.05, 0.1) is 12.3 Å². The van der Waals surface area contributed by atoms with Crippen LogP contribution in [0.4, 0.5) is 0 Å². The Labute approximate surface area is 77.7 Å². The van der Waals surface area contributed by atoms with E-state index in [-0.39, 0.29) is 0 Å². The molecule has 0 radical (unpaired) electrons. The van der Waals surface area contributed by atoms with Gasteiger partial charge in [-0.05, 0) is 19.1 Å². The molecule has 1 aliphatic rings. The Morgan fingerprint density at radius 3 is 2.92 bits per heavy atom. The van der Waals surface area contributed by atoms with E-state index in [4.69, 9.17) is 16.2 Å². The number of hydrogen-bond acceptors (Lipinski definition) is 3. The monoisotopic (exact) mass is 178 g/mol. The summed E-state index contributed by atoms with van der Waals surface area (Å²) in [6.07, 6.45) is 0.670. The molecule has 13 heavy (non-hydrogen) atoms. The molecule has 1 aromatic rings. The molecule has 2 rings (SSSR count). The van der Waals surface area contributed by atoms with Crippen LogP contribution in [0.1, 0.15) is 17.5 Å². The smallest absolute Gasteiger partial charge is 0.125 e. The lowest BCUT2D eigenvalue weighted by Crippen LogP contribution is -2.49. The fourth-order valence-electron chi connectivity index (χ4n) is 1.60. The maximum absolute atomic E-state index is 5.96. The molecule has 0 amide bonds. The van der Waals surface area contributed by atoms with Crippen molar-refractivity contribution in [1.82, 2.24) is 0 Å². The average molecular weight is 178 g/mol. The van der Waals surface area contributed by atoms with Gasteiger partial charge in [0.25, 0.3) is 0 Å². The Morgan fingerprint density at radius 1 is 1.38 bits per heavy atom. The second-order valence-corrected chi connectivity index (χ2v) is 3.64. The molecule has 4 N–H and O–H groups in total. The first-order valence-electron chi connectivity index (χ1n) is 4.41. The lowest BCUT2D eigenvalue weighted by atomic mass is 9.94. The largest absolute Gasteiger partial charge is 0.493 e. The van der Waals surface area contributed by atoms with E-state index in [2.05, 4.69) is 0 Å². The lowest BCUT2D eigenvalue weighted by Gasteiger charge is -2.32. The van der Waals surface area contributed by atoms with Gasteiger partial charge in [-0.25, -0.2) is 0 Å². The summed E-state index contributed by atoms with van der Waals surface area (Å²) in [5.41, 5.74) is 13.3. The number of rotatable bonds is 0. The van der Waals surface area contributed by atoms with Gasteiger partial charge in [0.2, 0.25) is 0 Å². The zero-order valence-electron chi connectivity index (χ0n) is 7.71. The summed E-state index contributed by atoms with van der Waals surface area (Å²) in [5.74, 6) is 0.821. The molecule has 1 heterocycles. The normalized spacial score (nSPS) is 19.0. The summed E-state index contributed by atoms with van der Waals surface area (Å²) in [6.45, 7) is 2.62. The summed E-state index contributed by atoms with van der Waals surface area (Å²) < 4.78 is 5.45. The third-order valence-electron chi connectivity index (χ3n) is 2.41. The third kappa shape index (κ3) is 1.41. The minimum absolute atomic E-state index is 0.600. The van der Waals surface area contributed by atoms with Crippen molar-refractivity contribution in [3.63, 3.8) is 0 Å². The van der Waals surface area contributed by atoms with E-state index >= 15 is 0 Å². The average Bonchev–Trinajstić information content (AvgIpc) is 2.06. The van der Waals surface area contributed by atoms with Gasteiger partial charge in [-0.15, -0.1) is 0 Å². The predicted octanol–water partition coefficient (Wildman–Crippen LogP) is 0.848. The first kappa shape index (κ1) is 8.53. The topological polar surface area (TPSA) is 61.3 Å². The molecule has 0 unspecified atom stereocenters. The Morgan fingerprint density at radius 2 is 2.15 bits per heavy atom. The number of aryl methyl sites for hydroxylation is 1. The van der Waals surface area contributed by atoms with Crippen molar-refractivity contribution >= 4 is 0 Å². The molecule has 0 bridgehead atoms. The van der Waals surface area contributed by atoms with Gasteiger partial charge in [0.1, 0.15) is 5.75 Å². The molecule has 3 nitrogen and oxygen atoms in total. The second kappa shape index (κ2) is 2.72. The molecular formula is C10H14N2O. The maximum Gasteiger partial charge on any atom is 0.125 e. The van der Waals surface area contributed by atoms with Crippen molar-refractivity contribution in [3.8, 4) is 5.75 Å². The van der Waals surface area contributed by atoms with Gasteiger partial charge >= 0.3 is 0 Å². The van der Waals surface area contributed by atoms with Crippen molar-refractivity contribution in [1.29, 1.82) is 0 Å². The number of fused-ring (bicyclic) bond motifs is 1. The highest BCUT2D eigenvalue weighted by atomic mass is 16.5. The van der Waals surface area contributed by atoms with E-state index in [1.165, 1.54) is 0 Å². The van der Waals surface area contributed by atoms with Crippen LogP contribution in [0.3, 0.4) is 0 Å². The molecule has 0 spiro atoms. The molecular weight excluding hydrogens is 164 g/mol. The number of hydrogen-bond donors (Lipinski definition) is 2. The Bertz CT molecular complexity index is 334. The van der Waals surface area contributed by atoms with Crippen LogP contribution >= 0.6 is 0 Å². The minimum Gasteiger partial charge on any atom is -0.493 e. The molecule has 0 atom stereocenters. The number of benzene rings is 1. The number of nitrogens with two attached hydrogens (primary N) is 2. The first-order valence-corrected chi connectivity index (χ1v) is 4.41. The molecule has 3 heteroatoms. The highest BCUT2D eigenvalue weighted by Crippen LogP contribution is 2.32. The van der Waals surface area contributed by atoms with Gasteiger partial charge in [-0.2, -0.15) is 0 Å². The van der Waals surface area contributed by atoms with Crippen LogP contribution in [-0.2, 0) is 5.66 Å². The van der Waals surface area contributed by atoms with E-state index < -0.39 is 5.66 Å². The van der Waals surface area contributed by atoms with Crippen molar-refractivity contribution in [3.05, 3.63) is 29.3 Å². The van der Waals surface area contributed by atoms with Crippen molar-refractivity contribution in [2.75, 3.05) is 6.61 Å². The van der Waals surface area contributed by atoms with Gasteiger partial charge < -0.3 is 16.2 Å². The van der Waals surface area contributed by atoms with Crippen molar-refractivity contribution in [2.24, 2.45) is 11.5 Å². The summed E-state index contributed by atoms with van der Waals surface area (Å²) in [4.78, 5) is 0. The van der Waals surface area contributed by atoms with E-state index in [0.29, 0.717) is 13.0 Å². The van der Waals surface area contributed by atoms with Crippen LogP contribution in [-0.4, -0.2) is 6.61 Å². The predicted molar refractivity (Wildman–Crippen MR) is 51.3 cm³/mol. The van der Waals surface area contributed by atoms with Gasteiger partial charge in [0, 0.05) is 12.0 Å². The maximum atomic E-state index is 5.96. The first-order chi connectivity index (χ1) is 6.09. The molecule has 0 saturated carbocycles. The molecule has 1 aliphatic heterocycles. The van der Waals surface area contributed by atoms with E-state index in [0.717, 1.165) is 16.9 Å². The van der Waals surface area contributed by atoms with Crippen molar-refractivity contribution in [2.45, 2.75) is 19.0 Å². The molecule has 0 fully saturated rings.